The van der Waals surface area contributed by atoms with Gasteiger partial charge in [0.25, 0.3) is 0 Å². The molecule has 0 saturated heterocycles. The summed E-state index contributed by atoms with van der Waals surface area (Å²) in [5.74, 6) is 1.00. The van der Waals surface area contributed by atoms with E-state index in [1.54, 1.807) is 6.07 Å². The predicted molar refractivity (Wildman–Crippen MR) is 109 cm³/mol. The fourth-order valence-electron chi connectivity index (χ4n) is 2.72. The number of hydrogen-bond acceptors (Lipinski definition) is 5. The van der Waals surface area contributed by atoms with Gasteiger partial charge in [-0.3, -0.25) is 4.90 Å². The van der Waals surface area contributed by atoms with Crippen LogP contribution in [0.2, 0.25) is 5.02 Å². The molecule has 2 aromatic heterocycles. The summed E-state index contributed by atoms with van der Waals surface area (Å²) in [6.07, 6.45) is 1.45. The minimum Gasteiger partial charge on any atom is -0.340 e. The van der Waals surface area contributed by atoms with Crippen LogP contribution in [0.3, 0.4) is 0 Å². The molecule has 3 rings (SSSR count). The monoisotopic (exact) mass is 440 g/mol. The molecule has 6 nitrogen and oxygen atoms in total. The van der Waals surface area contributed by atoms with Crippen LogP contribution in [0.25, 0.3) is 5.65 Å². The van der Waals surface area contributed by atoms with E-state index in [0.717, 1.165) is 5.69 Å². The summed E-state index contributed by atoms with van der Waals surface area (Å²) in [6.45, 7) is 1.81. The molecule has 0 bridgehead atoms. The predicted octanol–water partition coefficient (Wildman–Crippen LogP) is 4.42. The highest BCUT2D eigenvalue weighted by Crippen LogP contribution is 2.24. The Morgan fingerprint density at radius 3 is 2.61 bits per heavy atom. The highest BCUT2D eigenvalue weighted by atomic mass is 35.5. The summed E-state index contributed by atoms with van der Waals surface area (Å²) in [6, 6.07) is 8.22. The fourth-order valence-corrected chi connectivity index (χ4v) is 3.38. The Bertz CT molecular complexity index is 1010. The molecule has 0 aliphatic carbocycles. The molecule has 0 radical (unpaired) electrons. The lowest BCUT2D eigenvalue weighted by Gasteiger charge is -2.20. The Morgan fingerprint density at radius 2 is 1.96 bits per heavy atom. The van der Waals surface area contributed by atoms with E-state index in [1.165, 1.54) is 22.8 Å². The summed E-state index contributed by atoms with van der Waals surface area (Å²) in [5.41, 5.74) is 2.07. The molecule has 0 spiro atoms. The van der Waals surface area contributed by atoms with Gasteiger partial charge in [-0.2, -0.15) is 14.9 Å². The van der Waals surface area contributed by atoms with Crippen LogP contribution in [0.15, 0.2) is 30.5 Å². The SMILES string of the molecule is N#Cc1cnn2c(Nc3ccc(F)c(Cl)c3)cc(CN(CCCl)CCCl)nc12. The van der Waals surface area contributed by atoms with E-state index in [-0.39, 0.29) is 5.02 Å². The summed E-state index contributed by atoms with van der Waals surface area (Å²) in [5, 5.41) is 16.7. The van der Waals surface area contributed by atoms with Gasteiger partial charge in [0.15, 0.2) is 5.65 Å². The summed E-state index contributed by atoms with van der Waals surface area (Å²) >= 11 is 17.6. The van der Waals surface area contributed by atoms with Gasteiger partial charge in [-0.1, -0.05) is 11.6 Å². The number of alkyl halides is 2. The zero-order chi connectivity index (χ0) is 20.1. The van der Waals surface area contributed by atoms with Crippen molar-refractivity contribution in [1.82, 2.24) is 19.5 Å². The first-order chi connectivity index (χ1) is 13.5. The van der Waals surface area contributed by atoms with Crippen LogP contribution in [0, 0.1) is 17.1 Å². The second-order valence-corrected chi connectivity index (χ2v) is 7.11. The van der Waals surface area contributed by atoms with Gasteiger partial charge in [0, 0.05) is 43.1 Å². The van der Waals surface area contributed by atoms with E-state index in [4.69, 9.17) is 34.8 Å². The number of aromatic nitrogens is 3. The molecule has 1 aromatic carbocycles. The van der Waals surface area contributed by atoms with Crippen LogP contribution in [0.4, 0.5) is 15.9 Å². The molecule has 0 aliphatic rings. The van der Waals surface area contributed by atoms with Crippen molar-refractivity contribution in [3.05, 3.63) is 52.6 Å². The normalized spacial score (nSPS) is 11.1. The number of anilines is 2. The van der Waals surface area contributed by atoms with Crippen molar-refractivity contribution < 1.29 is 4.39 Å². The number of nitriles is 1. The minimum absolute atomic E-state index is 0.00380. The van der Waals surface area contributed by atoms with E-state index in [1.807, 2.05) is 6.07 Å². The zero-order valence-corrected chi connectivity index (χ0v) is 16.9. The van der Waals surface area contributed by atoms with Crippen LogP contribution < -0.4 is 5.32 Å². The molecule has 28 heavy (non-hydrogen) atoms. The van der Waals surface area contributed by atoms with Gasteiger partial charge in [0.2, 0.25) is 0 Å². The first-order valence-electron chi connectivity index (χ1n) is 8.40. The standard InChI is InChI=1S/C18H16Cl3FN6/c19-3-5-27(6-4-20)11-14-8-17(25-13-1-2-16(22)15(21)7-13)28-18(26-14)12(9-23)10-24-28/h1-2,7-8,10,25H,3-6,11H2. The van der Waals surface area contributed by atoms with Crippen LogP contribution in [0.1, 0.15) is 11.3 Å². The Labute approximate surface area is 176 Å². The van der Waals surface area contributed by atoms with Crippen LogP contribution in [0.5, 0.6) is 0 Å². The molecule has 0 unspecified atom stereocenters. The number of nitrogens with one attached hydrogen (secondary N) is 1. The molecule has 10 heteroatoms. The third-order valence-electron chi connectivity index (χ3n) is 4.02. The van der Waals surface area contributed by atoms with Crippen molar-refractivity contribution >= 4 is 52.0 Å². The van der Waals surface area contributed by atoms with Gasteiger partial charge in [-0.15, -0.1) is 23.2 Å². The smallest absolute Gasteiger partial charge is 0.175 e. The molecule has 3 aromatic rings. The molecule has 0 fully saturated rings. The number of nitrogens with zero attached hydrogens (tertiary/aromatic N) is 5. The Kier molecular flexibility index (Phi) is 6.92. The molecule has 2 heterocycles. The van der Waals surface area contributed by atoms with Crippen molar-refractivity contribution in [2.75, 3.05) is 30.2 Å². The maximum atomic E-state index is 13.4. The maximum Gasteiger partial charge on any atom is 0.175 e. The third-order valence-corrected chi connectivity index (χ3v) is 4.65. The molecule has 0 aliphatic heterocycles. The van der Waals surface area contributed by atoms with Crippen molar-refractivity contribution in [1.29, 1.82) is 5.26 Å². The molecule has 1 N–H and O–H groups in total. The number of rotatable bonds is 8. The third kappa shape index (κ3) is 4.65. The summed E-state index contributed by atoms with van der Waals surface area (Å²) in [4.78, 5) is 6.64. The first-order valence-corrected chi connectivity index (χ1v) is 9.84. The largest absolute Gasteiger partial charge is 0.340 e. The quantitative estimate of drug-likeness (QED) is 0.524. The molecule has 146 valence electrons. The zero-order valence-electron chi connectivity index (χ0n) is 14.7. The lowest BCUT2D eigenvalue weighted by atomic mass is 10.3. The van der Waals surface area contributed by atoms with Crippen molar-refractivity contribution in [2.45, 2.75) is 6.54 Å². The fraction of sp³-hybridized carbons (Fsp3) is 0.278. The van der Waals surface area contributed by atoms with Crippen LogP contribution in [-0.4, -0.2) is 44.3 Å². The summed E-state index contributed by atoms with van der Waals surface area (Å²) < 4.78 is 15.0. The van der Waals surface area contributed by atoms with Crippen molar-refractivity contribution in [3.8, 4) is 6.07 Å². The average Bonchev–Trinajstić information content (AvgIpc) is 3.08. The highest BCUT2D eigenvalue weighted by Gasteiger charge is 2.14. The van der Waals surface area contributed by atoms with E-state index in [2.05, 4.69) is 26.4 Å². The van der Waals surface area contributed by atoms with Gasteiger partial charge in [0.1, 0.15) is 23.3 Å². The number of fused-ring (bicyclic) bond motifs is 1. The van der Waals surface area contributed by atoms with Crippen molar-refractivity contribution in [3.63, 3.8) is 0 Å². The molecule has 0 amide bonds. The first kappa shape index (κ1) is 20.6. The second-order valence-electron chi connectivity index (χ2n) is 5.95. The molecular formula is C18H16Cl3FN6. The number of halogens is 4. The van der Waals surface area contributed by atoms with Crippen LogP contribution in [-0.2, 0) is 6.54 Å². The van der Waals surface area contributed by atoms with Gasteiger partial charge in [-0.05, 0) is 18.2 Å². The number of hydrogen-bond donors (Lipinski definition) is 1. The Balaban J connectivity index is 2.01. The van der Waals surface area contributed by atoms with E-state index < -0.39 is 5.82 Å². The Hall–Kier alpha value is -2.11. The van der Waals surface area contributed by atoms with Crippen molar-refractivity contribution in [2.24, 2.45) is 0 Å². The minimum atomic E-state index is -0.503. The topological polar surface area (TPSA) is 69.2 Å². The molecule has 0 saturated carbocycles. The molecule has 0 atom stereocenters. The van der Waals surface area contributed by atoms with Gasteiger partial charge >= 0.3 is 0 Å². The highest BCUT2D eigenvalue weighted by molar-refractivity contribution is 6.31. The van der Waals surface area contributed by atoms with Gasteiger partial charge < -0.3 is 5.32 Å². The Morgan fingerprint density at radius 1 is 1.21 bits per heavy atom. The maximum absolute atomic E-state index is 13.4. The van der Waals surface area contributed by atoms with Gasteiger partial charge in [-0.25, -0.2) is 9.37 Å². The van der Waals surface area contributed by atoms with Gasteiger partial charge in [0.05, 0.1) is 16.9 Å². The number of benzene rings is 1. The van der Waals surface area contributed by atoms with E-state index in [0.29, 0.717) is 54.1 Å². The molecular weight excluding hydrogens is 426 g/mol. The second kappa shape index (κ2) is 9.39. The average molecular weight is 442 g/mol. The van der Waals surface area contributed by atoms with E-state index >= 15 is 0 Å². The van der Waals surface area contributed by atoms with E-state index in [9.17, 15) is 9.65 Å². The lowest BCUT2D eigenvalue weighted by Crippen LogP contribution is -2.28. The lowest BCUT2D eigenvalue weighted by molar-refractivity contribution is 0.296. The van der Waals surface area contributed by atoms with Crippen LogP contribution >= 0.6 is 34.8 Å². The summed E-state index contributed by atoms with van der Waals surface area (Å²) in [7, 11) is 0.